The van der Waals surface area contributed by atoms with E-state index >= 15 is 0 Å². The van der Waals surface area contributed by atoms with Gasteiger partial charge < -0.3 is 20.1 Å². The highest BCUT2D eigenvalue weighted by Crippen LogP contribution is 2.38. The zero-order valence-corrected chi connectivity index (χ0v) is 19.0. The summed E-state index contributed by atoms with van der Waals surface area (Å²) in [5.41, 5.74) is 0.113. The first-order valence-electron chi connectivity index (χ1n) is 10.6. The summed E-state index contributed by atoms with van der Waals surface area (Å²) in [5, 5.41) is 5.63. The van der Waals surface area contributed by atoms with Crippen molar-refractivity contribution in [3.05, 3.63) is 48.0 Å². The van der Waals surface area contributed by atoms with E-state index in [1.165, 1.54) is 4.90 Å². The smallest absolute Gasteiger partial charge is 0.271 e. The predicted octanol–water partition coefficient (Wildman–Crippen LogP) is 3.37. The van der Waals surface area contributed by atoms with E-state index in [4.69, 9.17) is 9.47 Å². The van der Waals surface area contributed by atoms with Gasteiger partial charge in [-0.2, -0.15) is 0 Å². The lowest BCUT2D eigenvalue weighted by molar-refractivity contribution is -0.133. The number of amides is 3. The number of carbonyl (C=O) groups is 3. The van der Waals surface area contributed by atoms with Gasteiger partial charge in [-0.25, -0.2) is 0 Å². The third-order valence-electron chi connectivity index (χ3n) is 4.82. The summed E-state index contributed by atoms with van der Waals surface area (Å²) in [7, 11) is 0. The molecule has 0 unspecified atom stereocenters. The molecule has 2 aromatic carbocycles. The summed E-state index contributed by atoms with van der Waals surface area (Å²) in [5.74, 6) is -0.0655. The van der Waals surface area contributed by atoms with Crippen molar-refractivity contribution in [2.75, 3.05) is 23.4 Å². The Bertz CT molecular complexity index is 1030. The Balaban J connectivity index is 1.89. The maximum absolute atomic E-state index is 13.1. The average Bonchev–Trinajstić information content (AvgIpc) is 2.72. The van der Waals surface area contributed by atoms with E-state index in [-0.39, 0.29) is 24.4 Å². The van der Waals surface area contributed by atoms with Gasteiger partial charge in [0.05, 0.1) is 18.0 Å². The molecule has 1 aliphatic heterocycles. The van der Waals surface area contributed by atoms with Gasteiger partial charge >= 0.3 is 0 Å². The Hall–Kier alpha value is -3.55. The van der Waals surface area contributed by atoms with Gasteiger partial charge in [0.1, 0.15) is 18.0 Å². The second kappa shape index (κ2) is 9.30. The number of nitrogens with one attached hydrogen (secondary N) is 2. The van der Waals surface area contributed by atoms with Gasteiger partial charge in [-0.15, -0.1) is 0 Å². The first-order chi connectivity index (χ1) is 15.1. The number of para-hydroxylation sites is 2. The standard InChI is InChI=1S/C24H29N3O5/c1-6-31-19-10-8-7-9-17(19)26-21(28)14-27-18-13-16(22(29)25-15(2)3)11-12-20(18)32-24(4,5)23(27)30/h7-13,15H,6,14H2,1-5H3,(H,25,29)(H,26,28). The van der Waals surface area contributed by atoms with Crippen molar-refractivity contribution < 1.29 is 23.9 Å². The number of fused-ring (bicyclic) bond motifs is 1. The molecule has 32 heavy (non-hydrogen) atoms. The van der Waals surface area contributed by atoms with Crippen LogP contribution in [0.15, 0.2) is 42.5 Å². The van der Waals surface area contributed by atoms with Crippen molar-refractivity contribution in [3.63, 3.8) is 0 Å². The van der Waals surface area contributed by atoms with Crippen LogP contribution in [0.5, 0.6) is 11.5 Å². The molecule has 1 aliphatic rings. The van der Waals surface area contributed by atoms with Crippen LogP contribution in [-0.2, 0) is 9.59 Å². The second-order valence-corrected chi connectivity index (χ2v) is 8.29. The van der Waals surface area contributed by atoms with E-state index in [1.807, 2.05) is 26.8 Å². The molecule has 170 valence electrons. The highest BCUT2D eigenvalue weighted by molar-refractivity contribution is 6.09. The van der Waals surface area contributed by atoms with Crippen LogP contribution in [0.3, 0.4) is 0 Å². The first kappa shape index (κ1) is 23.1. The number of rotatable bonds is 7. The molecule has 0 radical (unpaired) electrons. The summed E-state index contributed by atoms with van der Waals surface area (Å²) in [6.07, 6.45) is 0. The van der Waals surface area contributed by atoms with Crippen molar-refractivity contribution >= 4 is 29.1 Å². The van der Waals surface area contributed by atoms with Crippen LogP contribution in [0.1, 0.15) is 45.0 Å². The number of carbonyl (C=O) groups excluding carboxylic acids is 3. The number of benzene rings is 2. The number of nitrogens with zero attached hydrogens (tertiary/aromatic N) is 1. The highest BCUT2D eigenvalue weighted by atomic mass is 16.5. The number of hydrogen-bond donors (Lipinski definition) is 2. The molecular weight excluding hydrogens is 410 g/mol. The summed E-state index contributed by atoms with van der Waals surface area (Å²) in [6.45, 7) is 9.09. The summed E-state index contributed by atoms with van der Waals surface area (Å²) < 4.78 is 11.4. The molecule has 0 aliphatic carbocycles. The molecule has 3 amide bonds. The van der Waals surface area contributed by atoms with Gasteiger partial charge in [0.15, 0.2) is 5.60 Å². The lowest BCUT2D eigenvalue weighted by atomic mass is 10.0. The van der Waals surface area contributed by atoms with Crippen LogP contribution in [0.25, 0.3) is 0 Å². The van der Waals surface area contributed by atoms with Crippen LogP contribution in [0.2, 0.25) is 0 Å². The quantitative estimate of drug-likeness (QED) is 0.690. The molecule has 8 heteroatoms. The minimum Gasteiger partial charge on any atom is -0.492 e. The van der Waals surface area contributed by atoms with Crippen LogP contribution in [0.4, 0.5) is 11.4 Å². The Kier molecular flexibility index (Phi) is 6.72. The molecule has 8 nitrogen and oxygen atoms in total. The van der Waals surface area contributed by atoms with Gasteiger partial charge in [0, 0.05) is 11.6 Å². The van der Waals surface area contributed by atoms with Crippen molar-refractivity contribution in [3.8, 4) is 11.5 Å². The van der Waals surface area contributed by atoms with Gasteiger partial charge in [0.2, 0.25) is 5.91 Å². The van der Waals surface area contributed by atoms with Crippen LogP contribution in [-0.4, -0.2) is 42.5 Å². The minimum absolute atomic E-state index is 0.0392. The molecule has 0 atom stereocenters. The molecule has 2 N–H and O–H groups in total. The lowest BCUT2D eigenvalue weighted by Crippen LogP contribution is -2.54. The topological polar surface area (TPSA) is 97.0 Å². The Morgan fingerprint density at radius 1 is 1.16 bits per heavy atom. The maximum Gasteiger partial charge on any atom is 0.271 e. The Morgan fingerprint density at radius 2 is 1.88 bits per heavy atom. The van der Waals surface area contributed by atoms with Gasteiger partial charge in [-0.3, -0.25) is 19.3 Å². The third-order valence-corrected chi connectivity index (χ3v) is 4.82. The SMILES string of the molecule is CCOc1ccccc1NC(=O)CN1C(=O)C(C)(C)Oc2ccc(C(=O)NC(C)C)cc21. The molecule has 0 fully saturated rings. The normalized spacial score (nSPS) is 14.4. The second-order valence-electron chi connectivity index (χ2n) is 8.29. The van der Waals surface area contributed by atoms with E-state index in [9.17, 15) is 14.4 Å². The zero-order valence-electron chi connectivity index (χ0n) is 19.0. The van der Waals surface area contributed by atoms with Crippen LogP contribution in [0, 0.1) is 0 Å². The molecule has 1 heterocycles. The predicted molar refractivity (Wildman–Crippen MR) is 122 cm³/mol. The molecule has 0 aromatic heterocycles. The van der Waals surface area contributed by atoms with E-state index in [0.29, 0.717) is 35.0 Å². The van der Waals surface area contributed by atoms with E-state index in [0.717, 1.165) is 0 Å². The minimum atomic E-state index is -1.15. The van der Waals surface area contributed by atoms with Crippen molar-refractivity contribution in [2.45, 2.75) is 46.3 Å². The largest absolute Gasteiger partial charge is 0.492 e. The van der Waals surface area contributed by atoms with Crippen molar-refractivity contribution in [2.24, 2.45) is 0 Å². The first-order valence-corrected chi connectivity index (χ1v) is 10.6. The fourth-order valence-electron chi connectivity index (χ4n) is 3.40. The Labute approximate surface area is 187 Å². The van der Waals surface area contributed by atoms with Crippen LogP contribution >= 0.6 is 0 Å². The summed E-state index contributed by atoms with van der Waals surface area (Å²) in [4.78, 5) is 39.8. The molecule has 0 bridgehead atoms. The monoisotopic (exact) mass is 439 g/mol. The van der Waals surface area contributed by atoms with E-state index in [1.54, 1.807) is 50.2 Å². The summed E-state index contributed by atoms with van der Waals surface area (Å²) in [6, 6.07) is 11.9. The van der Waals surface area contributed by atoms with E-state index in [2.05, 4.69) is 10.6 Å². The lowest BCUT2D eigenvalue weighted by Gasteiger charge is -2.38. The van der Waals surface area contributed by atoms with Gasteiger partial charge in [-0.05, 0) is 65.0 Å². The Morgan fingerprint density at radius 3 is 2.56 bits per heavy atom. The van der Waals surface area contributed by atoms with E-state index < -0.39 is 11.5 Å². The molecule has 0 spiro atoms. The van der Waals surface area contributed by atoms with Crippen LogP contribution < -0.4 is 25.0 Å². The fraction of sp³-hybridized carbons (Fsp3) is 0.375. The molecule has 3 rings (SSSR count). The third kappa shape index (κ3) is 5.01. The molecule has 0 saturated heterocycles. The molecular formula is C24H29N3O5. The number of anilines is 2. The average molecular weight is 440 g/mol. The highest BCUT2D eigenvalue weighted by Gasteiger charge is 2.42. The number of hydrogen-bond acceptors (Lipinski definition) is 5. The van der Waals surface area contributed by atoms with Crippen molar-refractivity contribution in [1.82, 2.24) is 5.32 Å². The fourth-order valence-corrected chi connectivity index (χ4v) is 3.40. The molecule has 2 aromatic rings. The van der Waals surface area contributed by atoms with Crippen molar-refractivity contribution in [1.29, 1.82) is 0 Å². The summed E-state index contributed by atoms with van der Waals surface area (Å²) >= 11 is 0. The maximum atomic E-state index is 13.1. The number of ether oxygens (including phenoxy) is 2. The van der Waals surface area contributed by atoms with Gasteiger partial charge in [0.25, 0.3) is 11.8 Å². The molecule has 0 saturated carbocycles. The zero-order chi connectivity index (χ0) is 23.5. The van der Waals surface area contributed by atoms with Gasteiger partial charge in [-0.1, -0.05) is 12.1 Å².